The molecule has 1 aliphatic rings. The van der Waals surface area contributed by atoms with Gasteiger partial charge in [-0.05, 0) is 42.4 Å². The summed E-state index contributed by atoms with van der Waals surface area (Å²) in [5.41, 5.74) is 1.61. The van der Waals surface area contributed by atoms with Gasteiger partial charge in [-0.1, -0.05) is 54.6 Å². The molecule has 0 unspecified atom stereocenters. The van der Waals surface area contributed by atoms with Gasteiger partial charge in [-0.15, -0.1) is 0 Å². The number of halogens is 3. The van der Waals surface area contributed by atoms with Gasteiger partial charge in [0.2, 0.25) is 15.9 Å². The van der Waals surface area contributed by atoms with Crippen molar-refractivity contribution in [1.29, 1.82) is 0 Å². The zero-order chi connectivity index (χ0) is 22.7. The zero-order valence-electron chi connectivity index (χ0n) is 17.1. The molecule has 2 aromatic rings. The summed E-state index contributed by atoms with van der Waals surface area (Å²) in [5, 5.41) is 2.01. The Morgan fingerprint density at radius 3 is 2.42 bits per heavy atom. The van der Waals surface area contributed by atoms with E-state index in [2.05, 4.69) is 4.72 Å². The van der Waals surface area contributed by atoms with Crippen LogP contribution in [0.25, 0.3) is 11.1 Å². The number of hydrogen-bond donors (Lipinski definition) is 2. The molecule has 0 aromatic heterocycles. The van der Waals surface area contributed by atoms with Crippen LogP contribution < -0.4 is 10.0 Å². The molecule has 0 spiro atoms. The highest BCUT2D eigenvalue weighted by molar-refractivity contribution is 7.88. The second kappa shape index (κ2) is 9.00. The number of amides is 1. The van der Waals surface area contributed by atoms with Gasteiger partial charge in [-0.25, -0.2) is 13.1 Å². The van der Waals surface area contributed by atoms with Gasteiger partial charge in [-0.2, -0.15) is 13.2 Å². The molecule has 2 N–H and O–H groups in total. The van der Waals surface area contributed by atoms with Gasteiger partial charge in [0.1, 0.15) is 6.54 Å². The maximum absolute atomic E-state index is 12.9. The summed E-state index contributed by atoms with van der Waals surface area (Å²) in [6, 6.07) is 16.7. The molecule has 2 aromatic carbocycles. The first-order valence-electron chi connectivity index (χ1n) is 9.93. The molecular formula is C22H25F3N2O3S. The lowest BCUT2D eigenvalue weighted by Gasteiger charge is -2.29. The summed E-state index contributed by atoms with van der Waals surface area (Å²) in [6.07, 6.45) is -2.46. The standard InChI is InChI=1S/C22H25F3N2O3S/c1-31(29,30)27-19-10-11-21(14-19,20(28)26-15-22(23,24)25)13-16-6-5-9-18(12-16)17-7-3-2-4-8-17/h2-9,12,19,27H,10-11,13-15H2,1H3,(H,26,28)/t19-,21+/m0/s1. The molecule has 5 nitrogen and oxygen atoms in total. The van der Waals surface area contributed by atoms with E-state index in [1.807, 2.05) is 59.9 Å². The SMILES string of the molecule is CS(=O)(=O)N[C@H]1CC[C@](Cc2cccc(-c3ccccc3)c2)(C(=O)NCC(F)(F)F)C1. The monoisotopic (exact) mass is 454 g/mol. The van der Waals surface area contributed by atoms with Gasteiger partial charge in [0.05, 0.1) is 11.7 Å². The Labute approximate surface area is 180 Å². The first-order valence-corrected chi connectivity index (χ1v) is 11.8. The summed E-state index contributed by atoms with van der Waals surface area (Å²) in [5.74, 6) is -0.701. The topological polar surface area (TPSA) is 75.3 Å². The van der Waals surface area contributed by atoms with E-state index in [9.17, 15) is 26.4 Å². The minimum Gasteiger partial charge on any atom is -0.346 e. The van der Waals surface area contributed by atoms with Crippen LogP contribution in [0.2, 0.25) is 0 Å². The fraction of sp³-hybridized carbons (Fsp3) is 0.409. The number of benzene rings is 2. The van der Waals surface area contributed by atoms with Gasteiger partial charge in [0, 0.05) is 6.04 Å². The van der Waals surface area contributed by atoms with Crippen LogP contribution >= 0.6 is 0 Å². The van der Waals surface area contributed by atoms with Crippen molar-refractivity contribution >= 4 is 15.9 Å². The maximum atomic E-state index is 12.9. The molecular weight excluding hydrogens is 429 g/mol. The second-order valence-electron chi connectivity index (χ2n) is 8.15. The molecule has 168 valence electrons. The van der Waals surface area contributed by atoms with Gasteiger partial charge in [0.25, 0.3) is 0 Å². The molecule has 2 atom stereocenters. The third kappa shape index (κ3) is 6.54. The van der Waals surface area contributed by atoms with Crippen LogP contribution in [0.3, 0.4) is 0 Å². The number of hydrogen-bond acceptors (Lipinski definition) is 3. The van der Waals surface area contributed by atoms with Crippen LogP contribution in [-0.4, -0.2) is 39.3 Å². The largest absolute Gasteiger partial charge is 0.405 e. The lowest BCUT2D eigenvalue weighted by Crippen LogP contribution is -2.45. The molecule has 3 rings (SSSR count). The van der Waals surface area contributed by atoms with Crippen LogP contribution in [0.1, 0.15) is 24.8 Å². The van der Waals surface area contributed by atoms with Crippen molar-refractivity contribution in [2.24, 2.45) is 5.41 Å². The van der Waals surface area contributed by atoms with E-state index < -0.39 is 40.1 Å². The Hall–Kier alpha value is -2.39. The van der Waals surface area contributed by atoms with E-state index >= 15 is 0 Å². The van der Waals surface area contributed by atoms with E-state index in [4.69, 9.17) is 0 Å². The van der Waals surface area contributed by atoms with E-state index in [1.165, 1.54) is 0 Å². The molecule has 0 radical (unpaired) electrons. The van der Waals surface area contributed by atoms with E-state index in [-0.39, 0.29) is 12.8 Å². The third-order valence-electron chi connectivity index (χ3n) is 5.50. The molecule has 9 heteroatoms. The van der Waals surface area contributed by atoms with Crippen molar-refractivity contribution in [2.45, 2.75) is 37.9 Å². The molecule has 1 aliphatic carbocycles. The van der Waals surface area contributed by atoms with Crippen LogP contribution in [0, 0.1) is 5.41 Å². The average molecular weight is 455 g/mol. The Kier molecular flexibility index (Phi) is 6.76. The molecule has 1 fully saturated rings. The average Bonchev–Trinajstić information content (AvgIpc) is 3.08. The predicted molar refractivity (Wildman–Crippen MR) is 113 cm³/mol. The van der Waals surface area contributed by atoms with E-state index in [0.29, 0.717) is 12.8 Å². The van der Waals surface area contributed by atoms with E-state index in [1.54, 1.807) is 0 Å². The number of sulfonamides is 1. The molecule has 0 bridgehead atoms. The fourth-order valence-electron chi connectivity index (χ4n) is 4.23. The van der Waals surface area contributed by atoms with Gasteiger partial charge < -0.3 is 5.32 Å². The van der Waals surface area contributed by atoms with Crippen molar-refractivity contribution in [1.82, 2.24) is 10.0 Å². The number of carbonyl (C=O) groups is 1. The molecule has 0 saturated heterocycles. The van der Waals surface area contributed by atoms with Gasteiger partial charge in [-0.3, -0.25) is 4.79 Å². The van der Waals surface area contributed by atoms with Crippen molar-refractivity contribution < 1.29 is 26.4 Å². The van der Waals surface area contributed by atoms with Crippen LogP contribution in [0.4, 0.5) is 13.2 Å². The minimum atomic E-state index is -4.52. The molecule has 31 heavy (non-hydrogen) atoms. The fourth-order valence-corrected chi connectivity index (χ4v) is 5.03. The molecule has 0 aliphatic heterocycles. The first-order chi connectivity index (χ1) is 14.5. The molecule has 1 saturated carbocycles. The normalized spacial score (nSPS) is 21.7. The van der Waals surface area contributed by atoms with Crippen LogP contribution in [0.15, 0.2) is 54.6 Å². The number of rotatable bonds is 7. The highest BCUT2D eigenvalue weighted by Crippen LogP contribution is 2.42. The Morgan fingerprint density at radius 2 is 1.77 bits per heavy atom. The number of nitrogens with one attached hydrogen (secondary N) is 2. The third-order valence-corrected chi connectivity index (χ3v) is 6.26. The van der Waals surface area contributed by atoms with Crippen molar-refractivity contribution in [3.05, 3.63) is 60.2 Å². The highest BCUT2D eigenvalue weighted by atomic mass is 32.2. The first kappa shape index (κ1) is 23.3. The summed E-state index contributed by atoms with van der Waals surface area (Å²) >= 11 is 0. The molecule has 0 heterocycles. The minimum absolute atomic E-state index is 0.138. The second-order valence-corrected chi connectivity index (χ2v) is 9.93. The lowest BCUT2D eigenvalue weighted by molar-refractivity contribution is -0.144. The van der Waals surface area contributed by atoms with Crippen molar-refractivity contribution in [3.63, 3.8) is 0 Å². The number of alkyl halides is 3. The van der Waals surface area contributed by atoms with Crippen molar-refractivity contribution in [2.75, 3.05) is 12.8 Å². The Morgan fingerprint density at radius 1 is 1.10 bits per heavy atom. The summed E-state index contributed by atoms with van der Waals surface area (Å²) in [7, 11) is -3.50. The Balaban J connectivity index is 1.86. The Bertz CT molecular complexity index is 1030. The zero-order valence-corrected chi connectivity index (χ0v) is 17.9. The van der Waals surface area contributed by atoms with Gasteiger partial charge >= 0.3 is 6.18 Å². The van der Waals surface area contributed by atoms with E-state index in [0.717, 1.165) is 22.9 Å². The van der Waals surface area contributed by atoms with Crippen LogP contribution in [-0.2, 0) is 21.2 Å². The lowest BCUT2D eigenvalue weighted by atomic mass is 9.78. The van der Waals surface area contributed by atoms with Crippen LogP contribution in [0.5, 0.6) is 0 Å². The predicted octanol–water partition coefficient (Wildman–Crippen LogP) is 3.66. The summed E-state index contributed by atoms with van der Waals surface area (Å²) in [6.45, 7) is -1.41. The maximum Gasteiger partial charge on any atom is 0.405 e. The smallest absolute Gasteiger partial charge is 0.346 e. The van der Waals surface area contributed by atoms with Gasteiger partial charge in [0.15, 0.2) is 0 Å². The van der Waals surface area contributed by atoms with Crippen molar-refractivity contribution in [3.8, 4) is 11.1 Å². The summed E-state index contributed by atoms with van der Waals surface area (Å²) in [4.78, 5) is 12.9. The number of carbonyl (C=O) groups excluding carboxylic acids is 1. The summed E-state index contributed by atoms with van der Waals surface area (Å²) < 4.78 is 63.8. The highest BCUT2D eigenvalue weighted by Gasteiger charge is 2.46. The molecule has 1 amide bonds. The quantitative estimate of drug-likeness (QED) is 0.671.